The van der Waals surface area contributed by atoms with Crippen LogP contribution in [0.15, 0.2) is 0 Å². The van der Waals surface area contributed by atoms with Crippen LogP contribution in [0.25, 0.3) is 0 Å². The molecule has 5 unspecified atom stereocenters. The van der Waals surface area contributed by atoms with Crippen molar-refractivity contribution in [3.05, 3.63) is 0 Å². The number of fused-ring (bicyclic) bond motifs is 1. The van der Waals surface area contributed by atoms with Crippen molar-refractivity contribution in [3.8, 4) is 0 Å². The van der Waals surface area contributed by atoms with E-state index < -0.39 is 0 Å². The average molecular weight is 236 g/mol. The Morgan fingerprint density at radius 1 is 1.06 bits per heavy atom. The molecule has 0 saturated heterocycles. The van der Waals surface area contributed by atoms with Crippen LogP contribution in [0, 0.1) is 33.5 Å². The first-order valence-corrected chi connectivity index (χ1v) is 7.29. The maximum Gasteiger partial charge on any atom is 0.0490 e. The van der Waals surface area contributed by atoms with Gasteiger partial charge in [-0.1, -0.05) is 34.6 Å². The summed E-state index contributed by atoms with van der Waals surface area (Å²) in [5, 5.41) is 9.52. The zero-order chi connectivity index (χ0) is 12.7. The van der Waals surface area contributed by atoms with Crippen LogP contribution >= 0.6 is 0 Å². The summed E-state index contributed by atoms with van der Waals surface area (Å²) in [5.41, 5.74) is 1.78. The smallest absolute Gasteiger partial charge is 0.0490 e. The molecule has 1 heteroatoms. The third kappa shape index (κ3) is 1.30. The van der Waals surface area contributed by atoms with E-state index in [2.05, 4.69) is 34.6 Å². The molecule has 0 spiro atoms. The van der Waals surface area contributed by atoms with Gasteiger partial charge in [-0.2, -0.15) is 0 Å². The van der Waals surface area contributed by atoms with Gasteiger partial charge in [0.15, 0.2) is 0 Å². The summed E-state index contributed by atoms with van der Waals surface area (Å²) >= 11 is 0. The second kappa shape index (κ2) is 2.92. The summed E-state index contributed by atoms with van der Waals surface area (Å²) in [6.07, 6.45) is 5.47. The van der Waals surface area contributed by atoms with Crippen LogP contribution in [-0.2, 0) is 0 Å². The van der Waals surface area contributed by atoms with E-state index in [1.54, 1.807) is 0 Å². The molecule has 0 bridgehead atoms. The first-order valence-electron chi connectivity index (χ1n) is 7.29. The molecule has 0 aromatic heterocycles. The molecule has 3 fully saturated rings. The highest BCUT2D eigenvalue weighted by Crippen LogP contribution is 2.77. The Bertz CT molecular complexity index is 361. The minimum Gasteiger partial charge on any atom is -0.396 e. The van der Waals surface area contributed by atoms with Gasteiger partial charge in [-0.15, -0.1) is 0 Å². The fourth-order valence-corrected chi connectivity index (χ4v) is 4.95. The number of aliphatic hydroxyl groups is 1. The highest BCUT2D eigenvalue weighted by Gasteiger charge is 2.70. The normalized spacial score (nSPS) is 58.9. The van der Waals surface area contributed by atoms with E-state index >= 15 is 0 Å². The highest BCUT2D eigenvalue weighted by atomic mass is 16.3. The minimum absolute atomic E-state index is 0.219. The van der Waals surface area contributed by atoms with Crippen molar-refractivity contribution in [2.24, 2.45) is 33.5 Å². The van der Waals surface area contributed by atoms with Gasteiger partial charge in [-0.05, 0) is 59.2 Å². The van der Waals surface area contributed by atoms with Crippen molar-refractivity contribution in [1.29, 1.82) is 0 Å². The molecule has 0 radical (unpaired) electrons. The third-order valence-electron chi connectivity index (χ3n) is 7.63. The number of hydrogen-bond donors (Lipinski definition) is 1. The maximum atomic E-state index is 9.52. The van der Waals surface area contributed by atoms with Crippen molar-refractivity contribution < 1.29 is 5.11 Å². The Hall–Kier alpha value is -0.0400. The summed E-state index contributed by atoms with van der Waals surface area (Å²) in [5.74, 6) is 1.88. The summed E-state index contributed by atoms with van der Waals surface area (Å²) in [6, 6.07) is 0. The molecular formula is C16H28O. The number of hydrogen-bond acceptors (Lipinski definition) is 1. The zero-order valence-electron chi connectivity index (χ0n) is 12.1. The van der Waals surface area contributed by atoms with Crippen LogP contribution in [0.4, 0.5) is 0 Å². The van der Waals surface area contributed by atoms with Gasteiger partial charge in [-0.25, -0.2) is 0 Å². The molecule has 3 saturated carbocycles. The Kier molecular flexibility index (Phi) is 2.07. The molecule has 3 rings (SSSR count). The Morgan fingerprint density at radius 3 is 2.12 bits per heavy atom. The lowest BCUT2D eigenvalue weighted by atomic mass is 9.67. The predicted molar refractivity (Wildman–Crippen MR) is 70.6 cm³/mol. The second-order valence-electron chi connectivity index (χ2n) is 8.63. The largest absolute Gasteiger partial charge is 0.396 e. The monoisotopic (exact) mass is 236 g/mol. The van der Waals surface area contributed by atoms with Gasteiger partial charge in [-0.3, -0.25) is 0 Å². The molecule has 0 aromatic rings. The van der Waals surface area contributed by atoms with Crippen LogP contribution in [-0.4, -0.2) is 11.7 Å². The molecule has 3 aliphatic rings. The zero-order valence-corrected chi connectivity index (χ0v) is 12.1. The van der Waals surface area contributed by atoms with Gasteiger partial charge in [0.1, 0.15) is 0 Å². The molecule has 98 valence electrons. The van der Waals surface area contributed by atoms with Gasteiger partial charge in [0.05, 0.1) is 0 Å². The summed E-state index contributed by atoms with van der Waals surface area (Å²) in [6.45, 7) is 12.5. The van der Waals surface area contributed by atoms with Crippen molar-refractivity contribution >= 4 is 0 Å². The first-order chi connectivity index (χ1) is 7.69. The molecule has 3 aliphatic carbocycles. The minimum atomic E-state index is 0.219. The topological polar surface area (TPSA) is 20.2 Å². The van der Waals surface area contributed by atoms with Crippen molar-refractivity contribution in [1.82, 2.24) is 0 Å². The van der Waals surface area contributed by atoms with Crippen molar-refractivity contribution in [3.63, 3.8) is 0 Å². The van der Waals surface area contributed by atoms with E-state index in [-0.39, 0.29) is 5.41 Å². The SMILES string of the molecule is CC1(CO)CC1(C)CC1CC2CC2(C)C1(C)C. The summed E-state index contributed by atoms with van der Waals surface area (Å²) in [4.78, 5) is 0. The van der Waals surface area contributed by atoms with Crippen molar-refractivity contribution in [2.45, 2.75) is 60.3 Å². The van der Waals surface area contributed by atoms with Crippen LogP contribution < -0.4 is 0 Å². The van der Waals surface area contributed by atoms with Gasteiger partial charge in [0.25, 0.3) is 0 Å². The predicted octanol–water partition coefficient (Wildman–Crippen LogP) is 3.86. The van der Waals surface area contributed by atoms with E-state index in [1.807, 2.05) is 0 Å². The lowest BCUT2D eigenvalue weighted by Gasteiger charge is -2.37. The molecule has 0 heterocycles. The Balaban J connectivity index is 1.73. The molecular weight excluding hydrogens is 208 g/mol. The summed E-state index contributed by atoms with van der Waals surface area (Å²) in [7, 11) is 0. The van der Waals surface area contributed by atoms with Crippen LogP contribution in [0.1, 0.15) is 60.3 Å². The lowest BCUT2D eigenvalue weighted by molar-refractivity contribution is 0.104. The van der Waals surface area contributed by atoms with Gasteiger partial charge in [0.2, 0.25) is 0 Å². The van der Waals surface area contributed by atoms with Gasteiger partial charge in [0, 0.05) is 6.61 Å². The van der Waals surface area contributed by atoms with E-state index in [9.17, 15) is 5.11 Å². The second-order valence-corrected chi connectivity index (χ2v) is 8.63. The van der Waals surface area contributed by atoms with Crippen LogP contribution in [0.3, 0.4) is 0 Å². The molecule has 1 N–H and O–H groups in total. The van der Waals surface area contributed by atoms with Gasteiger partial charge >= 0.3 is 0 Å². The molecule has 0 aromatic carbocycles. The van der Waals surface area contributed by atoms with E-state index in [0.29, 0.717) is 22.9 Å². The molecule has 0 aliphatic heterocycles. The number of aliphatic hydroxyl groups excluding tert-OH is 1. The molecule has 0 amide bonds. The Morgan fingerprint density at radius 2 is 1.71 bits per heavy atom. The highest BCUT2D eigenvalue weighted by molar-refractivity contribution is 5.18. The Labute approximate surface area is 106 Å². The van der Waals surface area contributed by atoms with Gasteiger partial charge < -0.3 is 5.11 Å². The lowest BCUT2D eigenvalue weighted by Crippen LogP contribution is -2.30. The number of rotatable bonds is 3. The quantitative estimate of drug-likeness (QED) is 0.789. The van der Waals surface area contributed by atoms with Crippen LogP contribution in [0.2, 0.25) is 0 Å². The molecule has 17 heavy (non-hydrogen) atoms. The fourth-order valence-electron chi connectivity index (χ4n) is 4.95. The van der Waals surface area contributed by atoms with E-state index in [0.717, 1.165) is 11.8 Å². The average Bonchev–Trinajstić information content (AvgIpc) is 3.01. The van der Waals surface area contributed by atoms with Crippen molar-refractivity contribution in [2.75, 3.05) is 6.61 Å². The molecule has 5 atom stereocenters. The molecule has 1 nitrogen and oxygen atoms in total. The first kappa shape index (κ1) is 12.0. The summed E-state index contributed by atoms with van der Waals surface area (Å²) < 4.78 is 0. The maximum absolute atomic E-state index is 9.52. The fraction of sp³-hybridized carbons (Fsp3) is 1.00. The standard InChI is InChI=1S/C16H28O/c1-13(2)11(6-12-8-16(12,13)5)7-14(3)9-15(14,4)10-17/h11-12,17H,6-10H2,1-5H3. The van der Waals surface area contributed by atoms with Crippen LogP contribution in [0.5, 0.6) is 0 Å². The third-order valence-corrected chi connectivity index (χ3v) is 7.63. The van der Waals surface area contributed by atoms with E-state index in [1.165, 1.54) is 25.7 Å². The van der Waals surface area contributed by atoms with E-state index in [4.69, 9.17) is 0 Å².